The van der Waals surface area contributed by atoms with E-state index in [-0.39, 0.29) is 12.5 Å². The molecule has 0 spiro atoms. The van der Waals surface area contributed by atoms with E-state index in [1.165, 1.54) is 25.7 Å². The molecule has 7 heteroatoms. The van der Waals surface area contributed by atoms with Crippen LogP contribution in [0, 0.1) is 5.92 Å². The van der Waals surface area contributed by atoms with Gasteiger partial charge in [0.05, 0.1) is 13.2 Å². The summed E-state index contributed by atoms with van der Waals surface area (Å²) in [6.45, 7) is 4.19. The van der Waals surface area contributed by atoms with Gasteiger partial charge in [0.25, 0.3) is 0 Å². The Balaban J connectivity index is 1.65. The van der Waals surface area contributed by atoms with Crippen LogP contribution in [-0.4, -0.2) is 76.4 Å². The van der Waals surface area contributed by atoms with Gasteiger partial charge in [0.2, 0.25) is 5.91 Å². The Labute approximate surface area is 151 Å². The number of hydrogen-bond acceptors (Lipinski definition) is 4. The number of hydrogen-bond donors (Lipinski definition) is 2. The quantitative estimate of drug-likeness (QED) is 0.367. The van der Waals surface area contributed by atoms with Crippen molar-refractivity contribution in [2.45, 2.75) is 44.6 Å². The first-order valence-electron chi connectivity index (χ1n) is 9.55. The molecule has 1 saturated heterocycles. The van der Waals surface area contributed by atoms with Gasteiger partial charge in [-0.05, 0) is 25.7 Å². The lowest BCUT2D eigenvalue weighted by molar-refractivity contribution is -0.127. The average Bonchev–Trinajstić information content (AvgIpc) is 3.28. The van der Waals surface area contributed by atoms with Gasteiger partial charge in [0.1, 0.15) is 6.54 Å². The number of likely N-dealkylation sites (N-methyl/N-ethyl adjacent to an activating group) is 1. The van der Waals surface area contributed by atoms with Crippen LogP contribution in [0.4, 0.5) is 0 Å². The van der Waals surface area contributed by atoms with Crippen molar-refractivity contribution in [3.05, 3.63) is 0 Å². The highest BCUT2D eigenvalue weighted by Crippen LogP contribution is 2.17. The number of carbonyl (C=O) groups excluding carboxylic acids is 1. The Morgan fingerprint density at radius 1 is 1.28 bits per heavy atom. The molecule has 0 bridgehead atoms. The summed E-state index contributed by atoms with van der Waals surface area (Å²) in [5.74, 6) is 1.31. The Kier molecular flexibility index (Phi) is 9.04. The first kappa shape index (κ1) is 20.0. The van der Waals surface area contributed by atoms with E-state index in [0.717, 1.165) is 51.8 Å². The molecular weight excluding hydrogens is 320 g/mol. The molecule has 1 aliphatic heterocycles. The van der Waals surface area contributed by atoms with E-state index in [0.29, 0.717) is 12.0 Å². The molecule has 1 atom stereocenters. The number of nitrogens with zero attached hydrogens (tertiary/aromatic N) is 2. The van der Waals surface area contributed by atoms with Crippen molar-refractivity contribution in [2.75, 3.05) is 53.6 Å². The molecule has 2 N–H and O–H groups in total. The fraction of sp³-hybridized carbons (Fsp3) is 0.889. The second kappa shape index (κ2) is 11.3. The molecule has 1 saturated carbocycles. The van der Waals surface area contributed by atoms with Gasteiger partial charge < -0.3 is 25.0 Å². The largest absolute Gasteiger partial charge is 0.381 e. The molecule has 1 aliphatic carbocycles. The van der Waals surface area contributed by atoms with Crippen LogP contribution in [0.1, 0.15) is 38.5 Å². The highest BCUT2D eigenvalue weighted by Gasteiger charge is 2.17. The third-order valence-corrected chi connectivity index (χ3v) is 4.70. The van der Waals surface area contributed by atoms with E-state index in [4.69, 9.17) is 9.47 Å². The van der Waals surface area contributed by atoms with Crippen LogP contribution in [-0.2, 0) is 14.3 Å². The third-order valence-electron chi connectivity index (χ3n) is 4.70. The van der Waals surface area contributed by atoms with Crippen LogP contribution in [0.3, 0.4) is 0 Å². The summed E-state index contributed by atoms with van der Waals surface area (Å²) in [6.07, 6.45) is 6.91. The van der Waals surface area contributed by atoms with Gasteiger partial charge in [-0.15, -0.1) is 0 Å². The number of amides is 1. The molecule has 1 amide bonds. The maximum atomic E-state index is 11.8. The fourth-order valence-electron chi connectivity index (χ4n) is 3.05. The van der Waals surface area contributed by atoms with Gasteiger partial charge in [0.15, 0.2) is 5.96 Å². The summed E-state index contributed by atoms with van der Waals surface area (Å²) in [5, 5.41) is 6.79. The van der Waals surface area contributed by atoms with Gasteiger partial charge >= 0.3 is 0 Å². The van der Waals surface area contributed by atoms with Gasteiger partial charge in [-0.2, -0.15) is 0 Å². The second-order valence-electron chi connectivity index (χ2n) is 7.16. The molecule has 1 unspecified atom stereocenters. The van der Waals surface area contributed by atoms with Crippen LogP contribution in [0.15, 0.2) is 4.99 Å². The summed E-state index contributed by atoms with van der Waals surface area (Å²) in [4.78, 5) is 17.8. The van der Waals surface area contributed by atoms with Crippen molar-refractivity contribution in [1.82, 2.24) is 15.5 Å². The van der Waals surface area contributed by atoms with Crippen LogP contribution < -0.4 is 10.6 Å². The highest BCUT2D eigenvalue weighted by molar-refractivity contribution is 5.84. The maximum absolute atomic E-state index is 11.8. The fourth-order valence-corrected chi connectivity index (χ4v) is 3.05. The van der Waals surface area contributed by atoms with Gasteiger partial charge in [-0.1, -0.05) is 12.8 Å². The van der Waals surface area contributed by atoms with Crippen molar-refractivity contribution in [3.63, 3.8) is 0 Å². The van der Waals surface area contributed by atoms with Crippen molar-refractivity contribution in [2.24, 2.45) is 10.9 Å². The number of carbonyl (C=O) groups is 1. The standard InChI is InChI=1S/C18H34N4O3/c1-22(2)17(23)12-20-18(21-16-6-3-4-7-16)19-9-5-10-24-13-15-8-11-25-14-15/h15-16H,3-14H2,1-2H3,(H2,19,20,21). The molecule has 0 aromatic carbocycles. The molecule has 144 valence electrons. The molecule has 1 heterocycles. The van der Waals surface area contributed by atoms with Gasteiger partial charge in [-0.25, -0.2) is 4.99 Å². The molecule has 0 aromatic rings. The molecule has 2 rings (SSSR count). The zero-order valence-electron chi connectivity index (χ0n) is 15.8. The third kappa shape index (κ3) is 8.05. The normalized spacial score (nSPS) is 21.5. The Hall–Kier alpha value is -1.34. The van der Waals surface area contributed by atoms with Crippen molar-refractivity contribution < 1.29 is 14.3 Å². The van der Waals surface area contributed by atoms with Crippen molar-refractivity contribution >= 4 is 11.9 Å². The molecule has 7 nitrogen and oxygen atoms in total. The molecule has 0 radical (unpaired) electrons. The zero-order valence-corrected chi connectivity index (χ0v) is 15.8. The van der Waals surface area contributed by atoms with E-state index >= 15 is 0 Å². The molecular formula is C18H34N4O3. The predicted octanol–water partition coefficient (Wildman–Crippen LogP) is 0.996. The van der Waals surface area contributed by atoms with Crippen molar-refractivity contribution in [3.8, 4) is 0 Å². The highest BCUT2D eigenvalue weighted by atomic mass is 16.5. The summed E-state index contributed by atoms with van der Waals surface area (Å²) >= 11 is 0. The lowest BCUT2D eigenvalue weighted by Gasteiger charge is -2.18. The first-order valence-corrected chi connectivity index (χ1v) is 9.55. The summed E-state index contributed by atoms with van der Waals surface area (Å²) < 4.78 is 11.1. The van der Waals surface area contributed by atoms with E-state index in [2.05, 4.69) is 15.6 Å². The van der Waals surface area contributed by atoms with Crippen LogP contribution in [0.25, 0.3) is 0 Å². The van der Waals surface area contributed by atoms with Gasteiger partial charge in [0, 0.05) is 45.8 Å². The van der Waals surface area contributed by atoms with Crippen LogP contribution in [0.5, 0.6) is 0 Å². The van der Waals surface area contributed by atoms with Gasteiger partial charge in [-0.3, -0.25) is 4.79 Å². The minimum atomic E-state index is 0.00892. The van der Waals surface area contributed by atoms with Crippen molar-refractivity contribution in [1.29, 1.82) is 0 Å². The Morgan fingerprint density at radius 3 is 2.76 bits per heavy atom. The lowest BCUT2D eigenvalue weighted by Crippen LogP contribution is -2.43. The molecule has 2 fully saturated rings. The molecule has 0 aromatic heterocycles. The van der Waals surface area contributed by atoms with E-state index in [9.17, 15) is 4.79 Å². The number of nitrogens with one attached hydrogen (secondary N) is 2. The monoisotopic (exact) mass is 354 g/mol. The minimum Gasteiger partial charge on any atom is -0.381 e. The number of guanidine groups is 1. The number of rotatable bonds is 9. The topological polar surface area (TPSA) is 75.2 Å². The molecule has 25 heavy (non-hydrogen) atoms. The number of ether oxygens (including phenoxy) is 2. The van der Waals surface area contributed by atoms with E-state index in [1.54, 1.807) is 19.0 Å². The second-order valence-corrected chi connectivity index (χ2v) is 7.16. The predicted molar refractivity (Wildman–Crippen MR) is 98.8 cm³/mol. The first-order chi connectivity index (χ1) is 12.1. The molecule has 2 aliphatic rings. The lowest BCUT2D eigenvalue weighted by atomic mass is 10.1. The van der Waals surface area contributed by atoms with E-state index < -0.39 is 0 Å². The van der Waals surface area contributed by atoms with Crippen LogP contribution >= 0.6 is 0 Å². The maximum Gasteiger partial charge on any atom is 0.243 e. The Bertz CT molecular complexity index is 417. The number of aliphatic imine (C=N–C) groups is 1. The SMILES string of the molecule is CN(C)C(=O)CN=C(NCCCOCC1CCOC1)NC1CCCC1. The smallest absolute Gasteiger partial charge is 0.243 e. The zero-order chi connectivity index (χ0) is 17.9. The minimum absolute atomic E-state index is 0.00892. The summed E-state index contributed by atoms with van der Waals surface area (Å²) in [7, 11) is 3.50. The van der Waals surface area contributed by atoms with Crippen LogP contribution in [0.2, 0.25) is 0 Å². The Morgan fingerprint density at radius 2 is 2.08 bits per heavy atom. The van der Waals surface area contributed by atoms with E-state index in [1.807, 2.05) is 0 Å². The summed E-state index contributed by atoms with van der Waals surface area (Å²) in [5.41, 5.74) is 0. The average molecular weight is 354 g/mol. The summed E-state index contributed by atoms with van der Waals surface area (Å²) in [6, 6.07) is 0.472.